The molecule has 0 spiro atoms. The highest BCUT2D eigenvalue weighted by Crippen LogP contribution is 2.21. The molecular weight excluding hydrogens is 194 g/mol. The summed E-state index contributed by atoms with van der Waals surface area (Å²) >= 11 is 0. The van der Waals surface area contributed by atoms with Crippen molar-refractivity contribution in [3.8, 4) is 11.8 Å². The number of nitrogen functional groups attached to an aromatic ring is 1. The van der Waals surface area contributed by atoms with E-state index in [0.717, 1.165) is 6.20 Å². The Hall–Kier alpha value is -2.45. The zero-order valence-corrected chi connectivity index (χ0v) is 6.58. The summed E-state index contributed by atoms with van der Waals surface area (Å²) in [6.45, 7) is 0. The van der Waals surface area contributed by atoms with Crippen molar-refractivity contribution >= 4 is 11.9 Å². The standard InChI is InChI=1S/C5H3N5O4/c6-5-9-8-4(14-5)3-7-1-2(13-3)10(11)12/h1H,(H2,6,9). The van der Waals surface area contributed by atoms with Gasteiger partial charge in [-0.05, 0) is 0 Å². The summed E-state index contributed by atoms with van der Waals surface area (Å²) in [5, 5.41) is 17.0. The zero-order valence-electron chi connectivity index (χ0n) is 6.58. The van der Waals surface area contributed by atoms with Crippen molar-refractivity contribution in [2.45, 2.75) is 0 Å². The summed E-state index contributed by atoms with van der Waals surface area (Å²) in [6.07, 6.45) is 0.940. The molecule has 72 valence electrons. The molecule has 0 unspecified atom stereocenters. The largest absolute Gasteiger partial charge is 0.453 e. The van der Waals surface area contributed by atoms with Gasteiger partial charge in [-0.25, -0.2) is 4.98 Å². The molecule has 2 aromatic heterocycles. The Bertz CT molecular complexity index is 474. The predicted molar refractivity (Wildman–Crippen MR) is 40.9 cm³/mol. The van der Waals surface area contributed by atoms with Gasteiger partial charge in [-0.3, -0.25) is 10.1 Å². The molecule has 0 fully saturated rings. The highest BCUT2D eigenvalue weighted by atomic mass is 16.6. The number of anilines is 1. The van der Waals surface area contributed by atoms with E-state index in [4.69, 9.17) is 10.2 Å². The molecule has 0 saturated carbocycles. The van der Waals surface area contributed by atoms with Gasteiger partial charge in [0.15, 0.2) is 0 Å². The molecule has 9 nitrogen and oxygen atoms in total. The maximum atomic E-state index is 10.2. The number of aromatic nitrogens is 3. The Morgan fingerprint density at radius 1 is 1.36 bits per heavy atom. The first kappa shape index (κ1) is 8.16. The van der Waals surface area contributed by atoms with Crippen LogP contribution in [-0.4, -0.2) is 20.1 Å². The quantitative estimate of drug-likeness (QED) is 0.533. The van der Waals surface area contributed by atoms with Gasteiger partial charge >= 0.3 is 17.8 Å². The SMILES string of the molecule is Nc1nnc(-c2ncc([N+](=O)[O-])o2)o1. The van der Waals surface area contributed by atoms with E-state index < -0.39 is 10.8 Å². The van der Waals surface area contributed by atoms with Crippen molar-refractivity contribution in [2.24, 2.45) is 0 Å². The first-order chi connectivity index (χ1) is 6.66. The summed E-state index contributed by atoms with van der Waals surface area (Å²) in [7, 11) is 0. The van der Waals surface area contributed by atoms with Crippen LogP contribution in [0.4, 0.5) is 11.9 Å². The maximum Gasteiger partial charge on any atom is 0.453 e. The lowest BCUT2D eigenvalue weighted by atomic mass is 10.7. The number of rotatable bonds is 2. The van der Waals surface area contributed by atoms with Crippen LogP contribution in [0.3, 0.4) is 0 Å². The van der Waals surface area contributed by atoms with E-state index in [0.29, 0.717) is 0 Å². The van der Waals surface area contributed by atoms with E-state index in [1.165, 1.54) is 0 Å². The van der Waals surface area contributed by atoms with Gasteiger partial charge in [0.1, 0.15) is 11.1 Å². The van der Waals surface area contributed by atoms with E-state index >= 15 is 0 Å². The summed E-state index contributed by atoms with van der Waals surface area (Å²) in [5.74, 6) is -0.742. The molecule has 0 amide bonds. The van der Waals surface area contributed by atoms with Gasteiger partial charge in [-0.15, -0.1) is 5.10 Å². The molecule has 14 heavy (non-hydrogen) atoms. The van der Waals surface area contributed by atoms with Crippen molar-refractivity contribution < 1.29 is 13.8 Å². The van der Waals surface area contributed by atoms with E-state index in [9.17, 15) is 10.1 Å². The Morgan fingerprint density at radius 2 is 2.14 bits per heavy atom. The molecule has 0 aliphatic heterocycles. The van der Waals surface area contributed by atoms with Gasteiger partial charge in [0.05, 0.1) is 0 Å². The molecule has 2 N–H and O–H groups in total. The molecule has 2 aromatic rings. The molecule has 0 aromatic carbocycles. The van der Waals surface area contributed by atoms with E-state index in [1.54, 1.807) is 0 Å². The minimum atomic E-state index is -0.726. The van der Waals surface area contributed by atoms with E-state index in [1.807, 2.05) is 0 Å². The highest BCUT2D eigenvalue weighted by molar-refractivity contribution is 5.39. The van der Waals surface area contributed by atoms with Crippen LogP contribution in [0.5, 0.6) is 0 Å². The average Bonchev–Trinajstić information content (AvgIpc) is 2.70. The number of hydrogen-bond acceptors (Lipinski definition) is 8. The van der Waals surface area contributed by atoms with Gasteiger partial charge < -0.3 is 14.6 Å². The van der Waals surface area contributed by atoms with Gasteiger partial charge in [-0.2, -0.15) is 0 Å². The number of nitro groups is 1. The maximum absolute atomic E-state index is 10.2. The van der Waals surface area contributed by atoms with Crippen LogP contribution < -0.4 is 5.73 Å². The van der Waals surface area contributed by atoms with Crippen molar-refractivity contribution in [3.05, 3.63) is 16.3 Å². The molecule has 9 heteroatoms. The summed E-state index contributed by atoms with van der Waals surface area (Å²) in [5.41, 5.74) is 5.14. The second kappa shape index (κ2) is 2.80. The molecule has 0 radical (unpaired) electrons. The summed E-state index contributed by atoms with van der Waals surface area (Å²) in [4.78, 5) is 13.1. The molecule has 2 heterocycles. The third-order valence-corrected chi connectivity index (χ3v) is 1.30. The minimum Gasteiger partial charge on any atom is -0.399 e. The van der Waals surface area contributed by atoms with E-state index in [-0.39, 0.29) is 17.8 Å². The van der Waals surface area contributed by atoms with Gasteiger partial charge in [0.2, 0.25) is 0 Å². The van der Waals surface area contributed by atoms with Crippen LogP contribution in [0.2, 0.25) is 0 Å². The Balaban J connectivity index is 2.38. The van der Waals surface area contributed by atoms with Crippen LogP contribution in [0.25, 0.3) is 11.8 Å². The lowest BCUT2D eigenvalue weighted by Gasteiger charge is -1.82. The van der Waals surface area contributed by atoms with Crippen LogP contribution in [-0.2, 0) is 0 Å². The van der Waals surface area contributed by atoms with Crippen molar-refractivity contribution in [2.75, 3.05) is 5.73 Å². The third-order valence-electron chi connectivity index (χ3n) is 1.30. The first-order valence-electron chi connectivity index (χ1n) is 3.36. The Morgan fingerprint density at radius 3 is 2.64 bits per heavy atom. The predicted octanol–water partition coefficient (Wildman–Crippen LogP) is 0.215. The number of oxazole rings is 1. The summed E-state index contributed by atoms with van der Waals surface area (Å²) in [6, 6.07) is -0.166. The Kier molecular flexibility index (Phi) is 1.63. The fourth-order valence-electron chi connectivity index (χ4n) is 0.770. The fourth-order valence-corrected chi connectivity index (χ4v) is 0.770. The van der Waals surface area contributed by atoms with Crippen LogP contribution in [0, 0.1) is 10.1 Å². The average molecular weight is 197 g/mol. The van der Waals surface area contributed by atoms with Crippen molar-refractivity contribution in [1.82, 2.24) is 15.2 Å². The highest BCUT2D eigenvalue weighted by Gasteiger charge is 2.18. The fraction of sp³-hybridized carbons (Fsp3) is 0. The molecule has 0 saturated heterocycles. The molecule has 0 bridgehead atoms. The zero-order chi connectivity index (χ0) is 10.1. The Labute approximate surface area is 75.7 Å². The normalized spacial score (nSPS) is 10.3. The topological polar surface area (TPSA) is 134 Å². The number of hydrogen-bond donors (Lipinski definition) is 1. The molecular formula is C5H3N5O4. The first-order valence-corrected chi connectivity index (χ1v) is 3.36. The minimum absolute atomic E-state index is 0.101. The summed E-state index contributed by atoms with van der Waals surface area (Å²) < 4.78 is 9.42. The second-order valence-electron chi connectivity index (χ2n) is 2.21. The van der Waals surface area contributed by atoms with Gasteiger partial charge in [-0.1, -0.05) is 5.10 Å². The number of nitrogens with two attached hydrogens (primary N) is 1. The molecule has 0 aliphatic carbocycles. The lowest BCUT2D eigenvalue weighted by Crippen LogP contribution is -1.82. The van der Waals surface area contributed by atoms with Crippen LogP contribution in [0.1, 0.15) is 0 Å². The van der Waals surface area contributed by atoms with E-state index in [2.05, 4.69) is 19.6 Å². The smallest absolute Gasteiger partial charge is 0.399 e. The molecule has 0 atom stereocenters. The second-order valence-corrected chi connectivity index (χ2v) is 2.21. The molecule has 0 aliphatic rings. The van der Waals surface area contributed by atoms with Gasteiger partial charge in [0, 0.05) is 0 Å². The van der Waals surface area contributed by atoms with Crippen molar-refractivity contribution in [1.29, 1.82) is 0 Å². The van der Waals surface area contributed by atoms with Gasteiger partial charge in [0.25, 0.3) is 5.89 Å². The number of nitrogens with zero attached hydrogens (tertiary/aromatic N) is 4. The monoisotopic (exact) mass is 197 g/mol. The lowest BCUT2D eigenvalue weighted by molar-refractivity contribution is -0.401. The molecule has 2 rings (SSSR count). The van der Waals surface area contributed by atoms with Crippen LogP contribution in [0.15, 0.2) is 15.0 Å². The van der Waals surface area contributed by atoms with Crippen molar-refractivity contribution in [3.63, 3.8) is 0 Å². The van der Waals surface area contributed by atoms with Crippen LogP contribution >= 0.6 is 0 Å². The third kappa shape index (κ3) is 1.26.